The average molecular weight is 628 g/mol. The minimum Gasteiger partial charge on any atom is -0.456 e. The van der Waals surface area contributed by atoms with E-state index in [1.807, 2.05) is 24.3 Å². The second-order valence-corrected chi connectivity index (χ2v) is 12.5. The summed E-state index contributed by atoms with van der Waals surface area (Å²) in [5.41, 5.74) is 11.3. The standard InChI is InChI=1S/C46H29NO2/c1-2-13-37-31(9-1)10-8-16-38(37)33-12-7-11-32(27-33)30-19-21-34(22-20-30)47(35-23-25-41-39-14-3-5-17-43(39)48-45(41)28-35)36-24-26-42-40-15-4-6-18-44(40)49-46(42)29-36/h1-29H. The summed E-state index contributed by atoms with van der Waals surface area (Å²) in [5, 5.41) is 6.96. The maximum absolute atomic E-state index is 6.33. The Kier molecular flexibility index (Phi) is 6.18. The molecule has 0 aliphatic heterocycles. The van der Waals surface area contributed by atoms with Gasteiger partial charge in [0.15, 0.2) is 0 Å². The molecule has 2 aromatic heterocycles. The number of benzene rings is 8. The van der Waals surface area contributed by atoms with Crippen molar-refractivity contribution >= 4 is 71.7 Å². The van der Waals surface area contributed by atoms with Gasteiger partial charge in [0.1, 0.15) is 22.3 Å². The second kappa shape index (κ2) is 11.0. The summed E-state index contributed by atoms with van der Waals surface area (Å²) in [5.74, 6) is 0. The Hall–Kier alpha value is -6.58. The summed E-state index contributed by atoms with van der Waals surface area (Å²) in [6.45, 7) is 0. The zero-order chi connectivity index (χ0) is 32.3. The van der Waals surface area contributed by atoms with E-state index in [1.165, 1.54) is 27.5 Å². The molecule has 3 nitrogen and oxygen atoms in total. The van der Waals surface area contributed by atoms with E-state index in [9.17, 15) is 0 Å². The first-order chi connectivity index (χ1) is 24.3. The van der Waals surface area contributed by atoms with Crippen LogP contribution in [0.2, 0.25) is 0 Å². The van der Waals surface area contributed by atoms with Gasteiger partial charge in [0.2, 0.25) is 0 Å². The third-order valence-electron chi connectivity index (χ3n) is 9.66. The minimum absolute atomic E-state index is 0.857. The number of hydrogen-bond acceptors (Lipinski definition) is 3. The normalized spacial score (nSPS) is 11.7. The highest BCUT2D eigenvalue weighted by Gasteiger charge is 2.18. The molecular weight excluding hydrogens is 599 g/mol. The number of nitrogens with zero attached hydrogens (tertiary/aromatic N) is 1. The van der Waals surface area contributed by atoms with Crippen LogP contribution in [0.5, 0.6) is 0 Å². The fourth-order valence-corrected chi connectivity index (χ4v) is 7.30. The van der Waals surface area contributed by atoms with Crippen molar-refractivity contribution in [3.8, 4) is 22.3 Å². The Balaban J connectivity index is 1.09. The van der Waals surface area contributed by atoms with E-state index in [4.69, 9.17) is 8.83 Å². The molecule has 3 heteroatoms. The molecule has 0 saturated heterocycles. The van der Waals surface area contributed by atoms with Crippen molar-refractivity contribution < 1.29 is 8.83 Å². The van der Waals surface area contributed by atoms with Crippen LogP contribution in [0, 0.1) is 0 Å². The van der Waals surface area contributed by atoms with E-state index in [-0.39, 0.29) is 0 Å². The molecule has 0 atom stereocenters. The molecule has 0 amide bonds. The van der Waals surface area contributed by atoms with Gasteiger partial charge in [-0.3, -0.25) is 0 Å². The predicted octanol–water partition coefficient (Wildman–Crippen LogP) is 13.4. The topological polar surface area (TPSA) is 29.5 Å². The SMILES string of the molecule is c1cc(-c2ccc(N(c3ccc4c(c3)oc3ccccc34)c3ccc4c(c3)oc3ccccc34)cc2)cc(-c2cccc3ccccc23)c1. The zero-order valence-electron chi connectivity index (χ0n) is 26.5. The molecule has 0 unspecified atom stereocenters. The molecule has 8 aromatic carbocycles. The predicted molar refractivity (Wildman–Crippen MR) is 204 cm³/mol. The van der Waals surface area contributed by atoms with Crippen molar-refractivity contribution in [1.82, 2.24) is 0 Å². The molecule has 0 bridgehead atoms. The van der Waals surface area contributed by atoms with Gasteiger partial charge in [0, 0.05) is 50.7 Å². The van der Waals surface area contributed by atoms with Gasteiger partial charge >= 0.3 is 0 Å². The highest BCUT2D eigenvalue weighted by atomic mass is 16.3. The van der Waals surface area contributed by atoms with Crippen molar-refractivity contribution in [3.05, 3.63) is 176 Å². The fraction of sp³-hybridized carbons (Fsp3) is 0. The lowest BCUT2D eigenvalue weighted by atomic mass is 9.95. The van der Waals surface area contributed by atoms with Crippen molar-refractivity contribution in [1.29, 1.82) is 0 Å². The Morgan fingerprint density at radius 2 is 0.816 bits per heavy atom. The Morgan fingerprint density at radius 1 is 0.306 bits per heavy atom. The quantitative estimate of drug-likeness (QED) is 0.190. The highest BCUT2D eigenvalue weighted by molar-refractivity contribution is 6.08. The molecule has 0 radical (unpaired) electrons. The summed E-state index contributed by atoms with van der Waals surface area (Å²) in [6.07, 6.45) is 0. The smallest absolute Gasteiger partial charge is 0.137 e. The lowest BCUT2D eigenvalue weighted by molar-refractivity contribution is 0.669. The largest absolute Gasteiger partial charge is 0.456 e. The zero-order valence-corrected chi connectivity index (χ0v) is 26.5. The van der Waals surface area contributed by atoms with Gasteiger partial charge in [-0.2, -0.15) is 0 Å². The van der Waals surface area contributed by atoms with E-state index in [0.717, 1.165) is 66.5 Å². The number of hydrogen-bond donors (Lipinski definition) is 0. The highest BCUT2D eigenvalue weighted by Crippen LogP contribution is 2.41. The molecule has 0 spiro atoms. The molecule has 0 saturated carbocycles. The monoisotopic (exact) mass is 627 g/mol. The summed E-state index contributed by atoms with van der Waals surface area (Å²) in [4.78, 5) is 2.27. The van der Waals surface area contributed by atoms with Gasteiger partial charge < -0.3 is 13.7 Å². The van der Waals surface area contributed by atoms with E-state index >= 15 is 0 Å². The van der Waals surface area contributed by atoms with E-state index < -0.39 is 0 Å². The lowest BCUT2D eigenvalue weighted by Gasteiger charge is -2.25. The molecule has 0 N–H and O–H groups in total. The molecule has 2 heterocycles. The maximum atomic E-state index is 6.33. The summed E-state index contributed by atoms with van der Waals surface area (Å²) < 4.78 is 12.7. The van der Waals surface area contributed by atoms with Gasteiger partial charge in [0.05, 0.1) is 0 Å². The van der Waals surface area contributed by atoms with Crippen LogP contribution in [0.1, 0.15) is 0 Å². The first kappa shape index (κ1) is 27.5. The lowest BCUT2D eigenvalue weighted by Crippen LogP contribution is -2.09. The van der Waals surface area contributed by atoms with Crippen LogP contribution < -0.4 is 4.90 Å². The van der Waals surface area contributed by atoms with Gasteiger partial charge in [-0.25, -0.2) is 0 Å². The molecule has 49 heavy (non-hydrogen) atoms. The number of para-hydroxylation sites is 2. The van der Waals surface area contributed by atoms with E-state index in [1.54, 1.807) is 0 Å². The van der Waals surface area contributed by atoms with E-state index in [0.29, 0.717) is 0 Å². The van der Waals surface area contributed by atoms with Gasteiger partial charge in [-0.05, 0) is 87.6 Å². The summed E-state index contributed by atoms with van der Waals surface area (Å²) in [6, 6.07) is 62.1. The van der Waals surface area contributed by atoms with E-state index in [2.05, 4.69) is 157 Å². The van der Waals surface area contributed by atoms with Crippen LogP contribution in [-0.4, -0.2) is 0 Å². The third-order valence-corrected chi connectivity index (χ3v) is 9.66. The molecule has 0 aliphatic rings. The fourth-order valence-electron chi connectivity index (χ4n) is 7.30. The third kappa shape index (κ3) is 4.59. The minimum atomic E-state index is 0.857. The van der Waals surface area contributed by atoms with Gasteiger partial charge in [-0.1, -0.05) is 109 Å². The van der Waals surface area contributed by atoms with Crippen molar-refractivity contribution in [2.75, 3.05) is 4.90 Å². The van der Waals surface area contributed by atoms with Crippen molar-refractivity contribution in [2.24, 2.45) is 0 Å². The van der Waals surface area contributed by atoms with Crippen LogP contribution in [-0.2, 0) is 0 Å². The van der Waals surface area contributed by atoms with Gasteiger partial charge in [0.25, 0.3) is 0 Å². The van der Waals surface area contributed by atoms with Crippen LogP contribution in [0.4, 0.5) is 17.1 Å². The Labute approximate surface area is 282 Å². The Bertz CT molecular complexity index is 2720. The summed E-state index contributed by atoms with van der Waals surface area (Å²) >= 11 is 0. The van der Waals surface area contributed by atoms with Crippen LogP contribution in [0.25, 0.3) is 76.9 Å². The molecule has 0 fully saturated rings. The first-order valence-corrected chi connectivity index (χ1v) is 16.6. The number of furan rings is 2. The van der Waals surface area contributed by atoms with Crippen molar-refractivity contribution in [2.45, 2.75) is 0 Å². The number of anilines is 3. The first-order valence-electron chi connectivity index (χ1n) is 16.6. The Morgan fingerprint density at radius 3 is 1.49 bits per heavy atom. The molecule has 0 aliphatic carbocycles. The molecule has 230 valence electrons. The average Bonchev–Trinajstić information content (AvgIpc) is 3.73. The molecular formula is C46H29NO2. The van der Waals surface area contributed by atoms with Crippen molar-refractivity contribution in [3.63, 3.8) is 0 Å². The van der Waals surface area contributed by atoms with Crippen LogP contribution >= 0.6 is 0 Å². The van der Waals surface area contributed by atoms with Gasteiger partial charge in [-0.15, -0.1) is 0 Å². The molecule has 10 aromatic rings. The second-order valence-electron chi connectivity index (χ2n) is 12.5. The number of fused-ring (bicyclic) bond motifs is 7. The summed E-state index contributed by atoms with van der Waals surface area (Å²) in [7, 11) is 0. The maximum Gasteiger partial charge on any atom is 0.137 e. The number of rotatable bonds is 5. The molecule has 10 rings (SSSR count). The van der Waals surface area contributed by atoms with Crippen LogP contribution in [0.15, 0.2) is 185 Å². The van der Waals surface area contributed by atoms with Crippen LogP contribution in [0.3, 0.4) is 0 Å².